The molecule has 1 aliphatic carbocycles. The van der Waals surface area contributed by atoms with Crippen LogP contribution in [0.1, 0.15) is 66.8 Å². The molecule has 6 heteroatoms. The lowest BCUT2D eigenvalue weighted by atomic mass is 9.69. The van der Waals surface area contributed by atoms with Crippen molar-refractivity contribution >= 4 is 74.3 Å². The molecule has 3 unspecified atom stereocenters. The molecule has 0 bridgehead atoms. The van der Waals surface area contributed by atoms with Gasteiger partial charge in [-0.25, -0.2) is 0 Å². The maximum absolute atomic E-state index is 7.57. The Labute approximate surface area is 636 Å². The number of nitrogens with zero attached hydrogens (tertiary/aromatic N) is 4. The molecule has 3 atom stereocenters. The number of rotatable bonds is 13. The number of anilines is 11. The van der Waals surface area contributed by atoms with Crippen molar-refractivity contribution in [3.63, 3.8) is 0 Å². The van der Waals surface area contributed by atoms with Crippen molar-refractivity contribution in [3.05, 3.63) is 420 Å². The average Bonchev–Trinajstić information content (AvgIpc) is 0.689. The lowest BCUT2D eigenvalue weighted by Crippen LogP contribution is -2.43. The normalized spacial score (nSPS) is 15.6. The molecule has 0 N–H and O–H groups in total. The van der Waals surface area contributed by atoms with Crippen molar-refractivity contribution in [2.75, 3.05) is 19.6 Å². The molecule has 5 aliphatic rings. The Morgan fingerprint density at radius 2 is 0.806 bits per heavy atom. The van der Waals surface area contributed by atoms with Crippen LogP contribution < -0.4 is 24.3 Å². The third-order valence-corrected chi connectivity index (χ3v) is 23.7. The van der Waals surface area contributed by atoms with Gasteiger partial charge in [-0.3, -0.25) is 0 Å². The zero-order valence-corrected chi connectivity index (χ0v) is 61.2. The van der Waals surface area contributed by atoms with Gasteiger partial charge in [0.25, 0.3) is 0 Å². The van der Waals surface area contributed by atoms with Crippen LogP contribution in [0, 0.1) is 0 Å². The molecule has 20 rings (SSSR count). The lowest BCUT2D eigenvalue weighted by molar-refractivity contribution is 0.444. The van der Waals surface area contributed by atoms with Crippen LogP contribution in [0.5, 0.6) is 11.5 Å². The highest BCUT2D eigenvalue weighted by Gasteiger charge is 2.49. The summed E-state index contributed by atoms with van der Waals surface area (Å²) in [7, 11) is 0. The summed E-state index contributed by atoms with van der Waals surface area (Å²) in [5.74, 6) is 1.46. The molecule has 4 heterocycles. The molecule has 0 aromatic heterocycles. The number of ether oxygens (including phenoxy) is 1. The minimum atomic E-state index is -0.158. The molecule has 5 nitrogen and oxygen atoms in total. The van der Waals surface area contributed by atoms with Crippen LogP contribution in [0.15, 0.2) is 397 Å². The van der Waals surface area contributed by atoms with Gasteiger partial charge in [0, 0.05) is 91.0 Å². The largest absolute Gasteiger partial charge is 0.457 e. The van der Waals surface area contributed by atoms with Gasteiger partial charge in [-0.15, -0.1) is 0 Å². The monoisotopic (exact) mass is 1400 g/mol. The van der Waals surface area contributed by atoms with E-state index in [0.717, 1.165) is 96.9 Å². The Hall–Kier alpha value is -12.9. The van der Waals surface area contributed by atoms with E-state index in [0.29, 0.717) is 0 Å². The molecule has 0 radical (unpaired) electrons. The number of para-hydroxylation sites is 6. The van der Waals surface area contributed by atoms with E-state index in [-0.39, 0.29) is 23.3 Å². The quantitative estimate of drug-likeness (QED) is 0.114. The molecule has 15 aromatic carbocycles. The fourth-order valence-corrected chi connectivity index (χ4v) is 18.8. The molecule has 0 spiro atoms. The van der Waals surface area contributed by atoms with Gasteiger partial charge in [0.2, 0.25) is 0 Å². The number of allylic oxidation sites excluding steroid dienone is 2. The van der Waals surface area contributed by atoms with E-state index < -0.39 is 0 Å². The first-order chi connectivity index (χ1) is 53.2. The molecule has 0 saturated carbocycles. The predicted octanol–water partition coefficient (Wildman–Crippen LogP) is 28.3. The van der Waals surface area contributed by atoms with Crippen LogP contribution in [0.4, 0.5) is 62.6 Å². The second-order valence-corrected chi connectivity index (χ2v) is 30.9. The first-order valence-corrected chi connectivity index (χ1v) is 38.4. The van der Waals surface area contributed by atoms with Gasteiger partial charge in [0.15, 0.2) is 0 Å². The van der Waals surface area contributed by atoms with E-state index in [4.69, 9.17) is 4.74 Å². The SMILES string of the molecule is CC(C)(C)c1ccc(-c2ccccc2N2c3cc(N(c4ccc(-c5ccccc5)cc4)c4ccccc4-c4ccccc4)cc4c3C(C3=CC5=C(CC32)Sc2cc(N(c3ccc(-c6ccccc6)cc3)c3ccccc3-c3ccccc3)cc3c2C5c2ccccc2N3c2ccccc2)c2ccccc2O4)cc1. The van der Waals surface area contributed by atoms with Crippen molar-refractivity contribution in [1.82, 2.24) is 0 Å². The van der Waals surface area contributed by atoms with Crippen molar-refractivity contribution in [2.24, 2.45) is 0 Å². The second kappa shape index (κ2) is 26.6. The van der Waals surface area contributed by atoms with Crippen LogP contribution in [0.25, 0.3) is 55.6 Å². The smallest absolute Gasteiger partial charge is 0.135 e. The Kier molecular flexibility index (Phi) is 15.9. The second-order valence-electron chi connectivity index (χ2n) is 29.8. The molecule has 0 saturated heterocycles. The summed E-state index contributed by atoms with van der Waals surface area (Å²) in [6.45, 7) is 6.90. The summed E-state index contributed by atoms with van der Waals surface area (Å²) in [5, 5.41) is 0. The lowest BCUT2D eigenvalue weighted by Gasteiger charge is -2.51. The molecule has 108 heavy (non-hydrogen) atoms. The highest BCUT2D eigenvalue weighted by Crippen LogP contribution is 2.67. The summed E-state index contributed by atoms with van der Waals surface area (Å²) in [4.78, 5) is 12.9. The van der Waals surface area contributed by atoms with Crippen molar-refractivity contribution in [3.8, 4) is 67.1 Å². The Bertz CT molecular complexity index is 6010. The fraction of sp³-hybridized carbons (Fsp3) is 0.0784. The Morgan fingerprint density at radius 1 is 0.352 bits per heavy atom. The van der Waals surface area contributed by atoms with E-state index in [9.17, 15) is 0 Å². The third kappa shape index (κ3) is 11.2. The number of benzene rings is 15. The first-order valence-electron chi connectivity index (χ1n) is 37.6. The van der Waals surface area contributed by atoms with Crippen LogP contribution in [-0.2, 0) is 5.41 Å². The summed E-state index contributed by atoms with van der Waals surface area (Å²) >= 11 is 1.98. The summed E-state index contributed by atoms with van der Waals surface area (Å²) < 4.78 is 7.57. The number of hydrogen-bond acceptors (Lipinski definition) is 6. The molecular formula is C102H76N4OS. The van der Waals surface area contributed by atoms with Crippen molar-refractivity contribution in [1.29, 1.82) is 0 Å². The average molecular weight is 1410 g/mol. The molecular weight excluding hydrogens is 1330 g/mol. The van der Waals surface area contributed by atoms with E-state index >= 15 is 0 Å². The minimum absolute atomic E-state index is 0.0224. The van der Waals surface area contributed by atoms with Gasteiger partial charge < -0.3 is 24.3 Å². The highest BCUT2D eigenvalue weighted by atomic mass is 32.2. The van der Waals surface area contributed by atoms with Gasteiger partial charge in [0.1, 0.15) is 11.5 Å². The number of fused-ring (bicyclic) bond motifs is 7. The fourth-order valence-electron chi connectivity index (χ4n) is 17.5. The van der Waals surface area contributed by atoms with Crippen LogP contribution in [0.3, 0.4) is 0 Å². The third-order valence-electron chi connectivity index (χ3n) is 22.5. The Morgan fingerprint density at radius 3 is 1.39 bits per heavy atom. The van der Waals surface area contributed by atoms with Crippen molar-refractivity contribution < 1.29 is 4.74 Å². The maximum Gasteiger partial charge on any atom is 0.135 e. The van der Waals surface area contributed by atoms with E-state index in [1.165, 1.54) is 88.0 Å². The Balaban J connectivity index is 0.826. The van der Waals surface area contributed by atoms with Gasteiger partial charge in [0.05, 0.1) is 40.2 Å². The first kappa shape index (κ1) is 64.7. The summed E-state index contributed by atoms with van der Waals surface area (Å²) in [5.41, 5.74) is 32.6. The van der Waals surface area contributed by atoms with Crippen LogP contribution in [-0.4, -0.2) is 6.04 Å². The van der Waals surface area contributed by atoms with E-state index in [1.807, 2.05) is 11.8 Å². The zero-order chi connectivity index (χ0) is 72.0. The van der Waals surface area contributed by atoms with E-state index in [1.54, 1.807) is 0 Å². The van der Waals surface area contributed by atoms with Crippen LogP contribution in [0.2, 0.25) is 0 Å². The van der Waals surface area contributed by atoms with Gasteiger partial charge >= 0.3 is 0 Å². The molecule has 15 aromatic rings. The standard InChI is InChI=1S/C102H76N4OS/c1-102(2,3)74-55-49-73(50-56-74)82-41-21-26-46-89(82)106-91-66-96-86(65-85(91)99-84-43-23-28-48-94(84)107-95-63-78(61-92(106)100(95)99)103(76-57-51-69(52-58-76)67-29-9-4-10-30-67)87-44-24-19-39-80(87)71-33-13-6-14-34-71)98-83-42-22-27-47-90(83)105(75-37-17-8-18-38-75)93-62-79(64-97(108-96)101(93)98)104(77-59-53-70(54-60-77)68-31-11-5-12-32-68)88-45-25-20-40-81(88)72-35-15-7-16-36-72/h4-65,91,98-99H,66H2,1-3H3. The van der Waals surface area contributed by atoms with E-state index in [2.05, 4.69) is 416 Å². The summed E-state index contributed by atoms with van der Waals surface area (Å²) in [6, 6.07) is 137. The minimum Gasteiger partial charge on any atom is -0.457 e. The maximum atomic E-state index is 7.57. The predicted molar refractivity (Wildman–Crippen MR) is 451 cm³/mol. The van der Waals surface area contributed by atoms with Crippen molar-refractivity contribution in [2.45, 2.75) is 55.4 Å². The van der Waals surface area contributed by atoms with Gasteiger partial charge in [-0.1, -0.05) is 318 Å². The number of hydrogen-bond donors (Lipinski definition) is 0. The topological polar surface area (TPSA) is 22.2 Å². The molecule has 4 aliphatic heterocycles. The zero-order valence-electron chi connectivity index (χ0n) is 60.3. The molecule has 516 valence electrons. The van der Waals surface area contributed by atoms with Crippen LogP contribution >= 0.6 is 11.8 Å². The highest BCUT2D eigenvalue weighted by molar-refractivity contribution is 8.03. The summed E-state index contributed by atoms with van der Waals surface area (Å²) in [6.07, 6.45) is 3.43. The molecule has 0 amide bonds. The molecule has 0 fully saturated rings. The van der Waals surface area contributed by atoms with Gasteiger partial charge in [-0.05, 0) is 156 Å². The number of thioether (sulfide) groups is 1. The van der Waals surface area contributed by atoms with Gasteiger partial charge in [-0.2, -0.15) is 0 Å².